The molecule has 1 atom stereocenters. The van der Waals surface area contributed by atoms with Crippen LogP contribution in [0.25, 0.3) is 0 Å². The summed E-state index contributed by atoms with van der Waals surface area (Å²) in [6, 6.07) is 0. The van der Waals surface area contributed by atoms with Gasteiger partial charge in [0, 0.05) is 12.0 Å². The van der Waals surface area contributed by atoms with E-state index >= 15 is 0 Å². The van der Waals surface area contributed by atoms with E-state index in [1.807, 2.05) is 0 Å². The summed E-state index contributed by atoms with van der Waals surface area (Å²) in [4.78, 5) is 20.7. The van der Waals surface area contributed by atoms with Crippen molar-refractivity contribution in [2.24, 2.45) is 5.92 Å². The van der Waals surface area contributed by atoms with Gasteiger partial charge in [-0.3, -0.25) is 4.79 Å². The second kappa shape index (κ2) is 4.81. The Kier molecular flexibility index (Phi) is 4.37. The molecule has 0 aliphatic rings. The molecule has 0 fully saturated rings. The van der Waals surface area contributed by atoms with Crippen molar-refractivity contribution in [3.8, 4) is 0 Å². The molecule has 0 N–H and O–H groups in total. The largest absolute Gasteiger partial charge is 0.469 e. The maximum Gasteiger partial charge on any atom is 0.402 e. The van der Waals surface area contributed by atoms with E-state index in [-0.39, 0.29) is 5.57 Å². The summed E-state index contributed by atoms with van der Waals surface area (Å²) >= 11 is 0. The van der Waals surface area contributed by atoms with Gasteiger partial charge in [0.2, 0.25) is 0 Å². The van der Waals surface area contributed by atoms with Crippen LogP contribution in [0.5, 0.6) is 0 Å². The average molecular weight is 210 g/mol. The van der Waals surface area contributed by atoms with Crippen LogP contribution in [0.15, 0.2) is 5.57 Å². The summed E-state index contributed by atoms with van der Waals surface area (Å²) in [5, 5.41) is 0. The number of hydrogen-bond acceptors (Lipinski definition) is 3. The first-order chi connectivity index (χ1) is 6.32. The van der Waals surface area contributed by atoms with E-state index in [4.69, 9.17) is 0 Å². The number of methoxy groups -OCH3 is 1. The molecule has 0 heterocycles. The maximum absolute atomic E-state index is 12.2. The lowest BCUT2D eigenvalue weighted by Gasteiger charge is -2.16. The number of alkyl halides is 3. The van der Waals surface area contributed by atoms with Crippen LogP contribution in [0.2, 0.25) is 0 Å². The minimum absolute atomic E-state index is 0.169. The molecule has 1 unspecified atom stereocenters. The molecule has 14 heavy (non-hydrogen) atoms. The molecule has 0 bridgehead atoms. The number of halogens is 3. The number of allylic oxidation sites excluding steroid dienone is 1. The highest BCUT2D eigenvalue weighted by atomic mass is 19.4. The van der Waals surface area contributed by atoms with E-state index in [2.05, 4.69) is 4.74 Å². The molecule has 0 aliphatic heterocycles. The molecule has 0 aromatic carbocycles. The quantitative estimate of drug-likeness (QED) is 0.523. The van der Waals surface area contributed by atoms with E-state index in [0.717, 1.165) is 7.11 Å². The van der Waals surface area contributed by atoms with Crippen molar-refractivity contribution in [1.29, 1.82) is 0 Å². The summed E-state index contributed by atoms with van der Waals surface area (Å²) in [6.07, 6.45) is -5.41. The second-order valence-corrected chi connectivity index (χ2v) is 2.70. The number of carbonyl (C=O) groups excluding carboxylic acids is 2. The lowest BCUT2D eigenvalue weighted by Crippen LogP contribution is -2.31. The molecule has 0 rings (SSSR count). The molecule has 80 valence electrons. The van der Waals surface area contributed by atoms with Crippen molar-refractivity contribution in [3.05, 3.63) is 5.57 Å². The standard InChI is InChI=1S/C8H9F3O3/c1-5(4-12)3-6(7(13)14-2)8(9,10)11/h6H,3H2,1-2H3. The third-order valence-electron chi connectivity index (χ3n) is 1.57. The third kappa shape index (κ3) is 3.62. The zero-order valence-electron chi connectivity index (χ0n) is 7.64. The van der Waals surface area contributed by atoms with Gasteiger partial charge in [-0.15, -0.1) is 0 Å². The molecule has 0 aliphatic carbocycles. The van der Waals surface area contributed by atoms with E-state index in [1.165, 1.54) is 12.9 Å². The molecule has 0 amide bonds. The zero-order chi connectivity index (χ0) is 11.4. The van der Waals surface area contributed by atoms with Gasteiger partial charge >= 0.3 is 12.1 Å². The summed E-state index contributed by atoms with van der Waals surface area (Å²) in [6.45, 7) is 1.18. The fourth-order valence-electron chi connectivity index (χ4n) is 0.823. The van der Waals surface area contributed by atoms with Gasteiger partial charge in [0.05, 0.1) is 7.11 Å². The molecule has 0 saturated carbocycles. The molecule has 6 heteroatoms. The van der Waals surface area contributed by atoms with Crippen molar-refractivity contribution in [3.63, 3.8) is 0 Å². The first-order valence-electron chi connectivity index (χ1n) is 3.68. The summed E-state index contributed by atoms with van der Waals surface area (Å²) in [7, 11) is 0.862. The second-order valence-electron chi connectivity index (χ2n) is 2.70. The Labute approximate surface area is 78.5 Å². The molecule has 0 saturated heterocycles. The minimum atomic E-state index is -4.70. The van der Waals surface area contributed by atoms with Crippen molar-refractivity contribution in [1.82, 2.24) is 0 Å². The van der Waals surface area contributed by atoms with Crippen molar-refractivity contribution in [2.45, 2.75) is 19.5 Å². The third-order valence-corrected chi connectivity index (χ3v) is 1.57. The number of ether oxygens (including phenoxy) is 1. The Hall–Kier alpha value is -1.29. The molecule has 3 nitrogen and oxygen atoms in total. The lowest BCUT2D eigenvalue weighted by atomic mass is 10.0. The van der Waals surface area contributed by atoms with E-state index in [1.54, 1.807) is 0 Å². The molecular weight excluding hydrogens is 201 g/mol. The smallest absolute Gasteiger partial charge is 0.402 e. The van der Waals surface area contributed by atoms with Crippen LogP contribution in [0.1, 0.15) is 13.3 Å². The van der Waals surface area contributed by atoms with Crippen LogP contribution in [-0.2, 0) is 14.3 Å². The molecule has 0 spiro atoms. The fraction of sp³-hybridized carbons (Fsp3) is 0.625. The minimum Gasteiger partial charge on any atom is -0.469 e. The monoisotopic (exact) mass is 210 g/mol. The molecule has 0 radical (unpaired) electrons. The maximum atomic E-state index is 12.2. The molecular formula is C8H9F3O3. The fourth-order valence-corrected chi connectivity index (χ4v) is 0.823. The topological polar surface area (TPSA) is 43.4 Å². The van der Waals surface area contributed by atoms with Crippen molar-refractivity contribution in [2.75, 3.05) is 7.11 Å². The lowest BCUT2D eigenvalue weighted by molar-refractivity contribution is -0.195. The summed E-state index contributed by atoms with van der Waals surface area (Å²) in [5.74, 6) is -2.37. The molecule has 0 aromatic rings. The van der Waals surface area contributed by atoms with Crippen LogP contribution in [0.3, 0.4) is 0 Å². The molecule has 0 aromatic heterocycles. The van der Waals surface area contributed by atoms with Crippen LogP contribution in [0.4, 0.5) is 13.2 Å². The van der Waals surface area contributed by atoms with Crippen molar-refractivity contribution >= 4 is 11.9 Å². The van der Waals surface area contributed by atoms with Gasteiger partial charge < -0.3 is 4.74 Å². The summed E-state index contributed by atoms with van der Waals surface area (Å²) in [5.41, 5.74) is -0.169. The Morgan fingerprint density at radius 1 is 1.50 bits per heavy atom. The Morgan fingerprint density at radius 3 is 2.29 bits per heavy atom. The van der Waals surface area contributed by atoms with Gasteiger partial charge in [-0.25, -0.2) is 4.79 Å². The first kappa shape index (κ1) is 12.7. The first-order valence-corrected chi connectivity index (χ1v) is 3.68. The van der Waals surface area contributed by atoms with Crippen molar-refractivity contribution < 1.29 is 27.5 Å². The number of hydrogen-bond donors (Lipinski definition) is 0. The van der Waals surface area contributed by atoms with Crippen LogP contribution < -0.4 is 0 Å². The van der Waals surface area contributed by atoms with Gasteiger partial charge in [-0.1, -0.05) is 0 Å². The highest BCUT2D eigenvalue weighted by Gasteiger charge is 2.45. The summed E-state index contributed by atoms with van der Waals surface area (Å²) < 4.78 is 40.6. The van der Waals surface area contributed by atoms with Crippen LogP contribution in [0, 0.1) is 5.92 Å². The van der Waals surface area contributed by atoms with Crippen LogP contribution in [-0.4, -0.2) is 25.2 Å². The average Bonchev–Trinajstić information content (AvgIpc) is 2.10. The van der Waals surface area contributed by atoms with Gasteiger partial charge in [-0.05, 0) is 6.92 Å². The van der Waals surface area contributed by atoms with Gasteiger partial charge in [-0.2, -0.15) is 13.2 Å². The predicted octanol–water partition coefficient (Wildman–Crippen LogP) is 1.51. The SMILES string of the molecule is COC(=O)C(CC(C)=C=O)C(F)(F)F. The number of esters is 1. The predicted molar refractivity (Wildman–Crippen MR) is 41.1 cm³/mol. The number of carbonyl (C=O) groups is 1. The van der Waals surface area contributed by atoms with E-state index in [9.17, 15) is 22.8 Å². The van der Waals surface area contributed by atoms with E-state index in [0.29, 0.717) is 0 Å². The Morgan fingerprint density at radius 2 is 2.00 bits per heavy atom. The highest BCUT2D eigenvalue weighted by molar-refractivity contribution is 5.74. The number of rotatable bonds is 3. The van der Waals surface area contributed by atoms with Gasteiger partial charge in [0.15, 0.2) is 5.92 Å². The zero-order valence-corrected chi connectivity index (χ0v) is 7.64. The van der Waals surface area contributed by atoms with Crippen LogP contribution >= 0.6 is 0 Å². The van der Waals surface area contributed by atoms with Gasteiger partial charge in [0.1, 0.15) is 5.94 Å². The Balaban J connectivity index is 4.75. The van der Waals surface area contributed by atoms with E-state index < -0.39 is 24.5 Å². The highest BCUT2D eigenvalue weighted by Crippen LogP contribution is 2.31. The normalized spacial score (nSPS) is 12.9. The van der Waals surface area contributed by atoms with Gasteiger partial charge in [0.25, 0.3) is 0 Å². The Bertz CT molecular complexity index is 263.